The zero-order chi connectivity index (χ0) is 21.5. The van der Waals surface area contributed by atoms with Crippen molar-refractivity contribution in [1.82, 2.24) is 4.90 Å². The number of hydrogen-bond acceptors (Lipinski definition) is 4. The molecular weight excluding hydrogens is 449 g/mol. The van der Waals surface area contributed by atoms with Gasteiger partial charge in [0.05, 0.1) is 17.0 Å². The predicted molar refractivity (Wildman–Crippen MR) is 116 cm³/mol. The number of piperidine rings is 1. The Hall–Kier alpha value is -1.95. The molecule has 158 valence electrons. The zero-order valence-electron chi connectivity index (χ0n) is 16.3. The summed E-state index contributed by atoms with van der Waals surface area (Å²) >= 11 is 18.3. The van der Waals surface area contributed by atoms with E-state index in [9.17, 15) is 9.59 Å². The van der Waals surface area contributed by atoms with Crippen molar-refractivity contribution in [3.8, 4) is 11.5 Å². The first kappa shape index (κ1) is 21.3. The molecule has 2 aliphatic heterocycles. The van der Waals surface area contributed by atoms with E-state index in [1.807, 2.05) is 6.92 Å². The lowest BCUT2D eigenvalue weighted by Gasteiger charge is -2.44. The molecule has 0 radical (unpaired) electrons. The van der Waals surface area contributed by atoms with Gasteiger partial charge in [-0.3, -0.25) is 9.59 Å². The molecule has 30 heavy (non-hydrogen) atoms. The molecule has 2 aliphatic rings. The van der Waals surface area contributed by atoms with Gasteiger partial charge in [0.2, 0.25) is 0 Å². The Morgan fingerprint density at radius 1 is 1.13 bits per heavy atom. The molecule has 0 N–H and O–H groups in total. The van der Waals surface area contributed by atoms with Gasteiger partial charge in [0.25, 0.3) is 5.91 Å². The second kappa shape index (κ2) is 8.29. The monoisotopic (exact) mass is 467 g/mol. The molecule has 4 rings (SSSR count). The van der Waals surface area contributed by atoms with Gasteiger partial charge < -0.3 is 14.4 Å². The normalized spacial score (nSPS) is 17.5. The zero-order valence-corrected chi connectivity index (χ0v) is 18.6. The molecule has 0 unspecified atom stereocenters. The van der Waals surface area contributed by atoms with E-state index in [0.29, 0.717) is 58.1 Å². The molecule has 1 saturated heterocycles. The topological polar surface area (TPSA) is 55.8 Å². The summed E-state index contributed by atoms with van der Waals surface area (Å²) in [6.07, 6.45) is 1.34. The Kier molecular flexibility index (Phi) is 5.88. The highest BCUT2D eigenvalue weighted by molar-refractivity contribution is 6.36. The summed E-state index contributed by atoms with van der Waals surface area (Å²) in [6.45, 7) is 2.79. The fourth-order valence-corrected chi connectivity index (χ4v) is 4.55. The smallest absolute Gasteiger partial charge is 0.260 e. The van der Waals surface area contributed by atoms with Gasteiger partial charge in [-0.05, 0) is 42.8 Å². The molecule has 1 spiro atoms. The lowest BCUT2D eigenvalue weighted by atomic mass is 9.82. The third-order valence-electron chi connectivity index (χ3n) is 5.63. The van der Waals surface area contributed by atoms with Gasteiger partial charge in [-0.15, -0.1) is 0 Å². The van der Waals surface area contributed by atoms with Crippen LogP contribution in [0.2, 0.25) is 15.1 Å². The fraction of sp³-hybridized carbons (Fsp3) is 0.364. The van der Waals surface area contributed by atoms with Gasteiger partial charge in [0.1, 0.15) is 17.1 Å². The third-order valence-corrected chi connectivity index (χ3v) is 6.55. The largest absolute Gasteiger partial charge is 0.484 e. The molecule has 5 nitrogen and oxygen atoms in total. The van der Waals surface area contributed by atoms with Crippen molar-refractivity contribution >= 4 is 46.5 Å². The van der Waals surface area contributed by atoms with Crippen molar-refractivity contribution in [3.63, 3.8) is 0 Å². The van der Waals surface area contributed by atoms with Gasteiger partial charge in [0, 0.05) is 36.0 Å². The number of ether oxygens (including phenoxy) is 2. The van der Waals surface area contributed by atoms with Crippen LogP contribution in [0.5, 0.6) is 11.5 Å². The van der Waals surface area contributed by atoms with Crippen molar-refractivity contribution in [2.24, 2.45) is 0 Å². The number of benzene rings is 2. The second-order valence-electron chi connectivity index (χ2n) is 7.73. The number of Topliss-reactive ketones (excluding diaryl/α,β-unsaturated/α-hetero) is 1. The Labute approximate surface area is 189 Å². The van der Waals surface area contributed by atoms with Gasteiger partial charge in [-0.25, -0.2) is 0 Å². The SMILES string of the molecule is Cc1cc(OCC(=O)N2CCC3(CC2)CC(=O)c2cc(Cl)cc(Cl)c2O3)ccc1Cl. The van der Waals surface area contributed by atoms with E-state index in [2.05, 4.69) is 0 Å². The van der Waals surface area contributed by atoms with Crippen molar-refractivity contribution in [1.29, 1.82) is 0 Å². The van der Waals surface area contributed by atoms with Crippen LogP contribution in [0.15, 0.2) is 30.3 Å². The van der Waals surface area contributed by atoms with Crippen LogP contribution in [-0.4, -0.2) is 41.9 Å². The van der Waals surface area contributed by atoms with Crippen molar-refractivity contribution in [3.05, 3.63) is 56.5 Å². The van der Waals surface area contributed by atoms with Crippen molar-refractivity contribution in [2.45, 2.75) is 31.8 Å². The van der Waals surface area contributed by atoms with E-state index >= 15 is 0 Å². The van der Waals surface area contributed by atoms with Gasteiger partial charge >= 0.3 is 0 Å². The molecule has 0 atom stereocenters. The summed E-state index contributed by atoms with van der Waals surface area (Å²) in [7, 11) is 0. The van der Waals surface area contributed by atoms with Gasteiger partial charge in [-0.1, -0.05) is 34.8 Å². The number of aryl methyl sites for hydroxylation is 1. The van der Waals surface area contributed by atoms with Crippen molar-refractivity contribution < 1.29 is 19.1 Å². The maximum atomic E-state index is 12.7. The molecule has 1 fully saturated rings. The number of carbonyl (C=O) groups excluding carboxylic acids is 2. The summed E-state index contributed by atoms with van der Waals surface area (Å²) in [4.78, 5) is 27.0. The van der Waals surface area contributed by atoms with Crippen LogP contribution in [0.4, 0.5) is 0 Å². The highest BCUT2D eigenvalue weighted by Gasteiger charge is 2.44. The van der Waals surface area contributed by atoms with E-state index < -0.39 is 5.60 Å². The summed E-state index contributed by atoms with van der Waals surface area (Å²) in [5.41, 5.74) is 0.663. The second-order valence-corrected chi connectivity index (χ2v) is 8.98. The molecule has 2 aromatic carbocycles. The van der Waals surface area contributed by atoms with Crippen LogP contribution in [0, 0.1) is 6.92 Å². The van der Waals surface area contributed by atoms with Gasteiger partial charge in [-0.2, -0.15) is 0 Å². The van der Waals surface area contributed by atoms with Crippen LogP contribution in [0.25, 0.3) is 0 Å². The molecule has 2 aromatic rings. The third kappa shape index (κ3) is 4.25. The van der Waals surface area contributed by atoms with E-state index in [0.717, 1.165) is 5.56 Å². The van der Waals surface area contributed by atoms with Crippen LogP contribution in [0.1, 0.15) is 35.2 Å². The van der Waals surface area contributed by atoms with Crippen molar-refractivity contribution in [2.75, 3.05) is 19.7 Å². The number of ketones is 1. The van der Waals surface area contributed by atoms with E-state index in [-0.39, 0.29) is 24.7 Å². The number of amides is 1. The molecule has 0 bridgehead atoms. The first-order chi connectivity index (χ1) is 14.3. The van der Waals surface area contributed by atoms with E-state index in [4.69, 9.17) is 44.3 Å². The number of nitrogens with zero attached hydrogens (tertiary/aromatic N) is 1. The molecule has 0 saturated carbocycles. The molecule has 1 amide bonds. The van der Waals surface area contributed by atoms with Gasteiger partial charge in [0.15, 0.2) is 12.4 Å². The number of halogens is 3. The average molecular weight is 469 g/mol. The predicted octanol–water partition coefficient (Wildman–Crippen LogP) is 5.36. The highest BCUT2D eigenvalue weighted by Crippen LogP contribution is 2.44. The molecule has 2 heterocycles. The lowest BCUT2D eigenvalue weighted by molar-refractivity contribution is -0.136. The van der Waals surface area contributed by atoms with Crippen LogP contribution in [0.3, 0.4) is 0 Å². The molecule has 0 aromatic heterocycles. The number of carbonyl (C=O) groups is 2. The first-order valence-electron chi connectivity index (χ1n) is 9.64. The fourth-order valence-electron chi connectivity index (χ4n) is 3.90. The number of rotatable bonds is 3. The van der Waals surface area contributed by atoms with E-state index in [1.165, 1.54) is 0 Å². The van der Waals surface area contributed by atoms with Crippen LogP contribution < -0.4 is 9.47 Å². The minimum absolute atomic E-state index is 0.0399. The minimum Gasteiger partial charge on any atom is -0.484 e. The quantitative estimate of drug-likeness (QED) is 0.608. The summed E-state index contributed by atoms with van der Waals surface area (Å²) in [6, 6.07) is 8.45. The molecule has 8 heteroatoms. The lowest BCUT2D eigenvalue weighted by Crippen LogP contribution is -2.53. The summed E-state index contributed by atoms with van der Waals surface area (Å²) in [5, 5.41) is 1.39. The molecule has 0 aliphatic carbocycles. The van der Waals surface area contributed by atoms with Crippen LogP contribution in [-0.2, 0) is 4.79 Å². The maximum absolute atomic E-state index is 12.7. The maximum Gasteiger partial charge on any atom is 0.260 e. The Bertz CT molecular complexity index is 1020. The molecular formula is C22H20Cl3NO4. The number of hydrogen-bond donors (Lipinski definition) is 0. The standard InChI is InChI=1S/C22H20Cl3NO4/c1-13-8-15(2-3-17(13)24)29-12-20(28)26-6-4-22(5-7-26)11-19(27)16-9-14(23)10-18(25)21(16)30-22/h2-3,8-10H,4-7,11-12H2,1H3. The Balaban J connectivity index is 1.38. The number of likely N-dealkylation sites (tertiary alicyclic amines) is 1. The van der Waals surface area contributed by atoms with E-state index in [1.54, 1.807) is 35.2 Å². The summed E-state index contributed by atoms with van der Waals surface area (Å²) < 4.78 is 11.8. The highest BCUT2D eigenvalue weighted by atomic mass is 35.5. The average Bonchev–Trinajstić information content (AvgIpc) is 2.70. The van der Waals surface area contributed by atoms with Crippen LogP contribution >= 0.6 is 34.8 Å². The first-order valence-corrected chi connectivity index (χ1v) is 10.8. The minimum atomic E-state index is -0.646. The Morgan fingerprint density at radius 2 is 1.87 bits per heavy atom. The summed E-state index contributed by atoms with van der Waals surface area (Å²) in [5.74, 6) is 0.843. The Morgan fingerprint density at radius 3 is 2.57 bits per heavy atom. The number of fused-ring (bicyclic) bond motifs is 1.